The van der Waals surface area contributed by atoms with Crippen molar-refractivity contribution in [2.45, 2.75) is 26.8 Å². The van der Waals surface area contributed by atoms with E-state index in [9.17, 15) is 0 Å². The molecule has 0 aliphatic carbocycles. The number of rotatable bonds is 7. The lowest BCUT2D eigenvalue weighted by Crippen LogP contribution is -2.42. The lowest BCUT2D eigenvalue weighted by atomic mass is 10.2. The second kappa shape index (κ2) is 8.91. The van der Waals surface area contributed by atoms with Crippen molar-refractivity contribution in [3.8, 4) is 0 Å². The molecule has 0 saturated heterocycles. The van der Waals surface area contributed by atoms with Crippen molar-refractivity contribution in [2.24, 2.45) is 10.8 Å². The first kappa shape index (κ1) is 14.9. The quantitative estimate of drug-likeness (QED) is 0.230. The summed E-state index contributed by atoms with van der Waals surface area (Å²) in [4.78, 5) is 4.40. The highest BCUT2D eigenvalue weighted by Crippen LogP contribution is 2.14. The Bertz CT molecular complexity index is 365. The van der Waals surface area contributed by atoms with Gasteiger partial charge in [-0.2, -0.15) is 11.3 Å². The number of ether oxygens (including phenoxy) is 1. The van der Waals surface area contributed by atoms with Crippen molar-refractivity contribution in [3.63, 3.8) is 0 Å². The van der Waals surface area contributed by atoms with E-state index in [1.807, 2.05) is 6.92 Å². The highest BCUT2D eigenvalue weighted by atomic mass is 32.1. The fourth-order valence-electron chi connectivity index (χ4n) is 1.39. The van der Waals surface area contributed by atoms with Crippen molar-refractivity contribution >= 4 is 17.3 Å². The Hall–Kier alpha value is -1.11. The SMILES string of the molecule is CCOCCCNC(=NCc1cscc1C)NN. The lowest BCUT2D eigenvalue weighted by Gasteiger charge is -2.09. The Kier molecular flexibility index (Phi) is 7.40. The first-order valence-corrected chi connectivity index (χ1v) is 7.06. The van der Waals surface area contributed by atoms with E-state index in [1.54, 1.807) is 11.3 Å². The molecule has 1 rings (SSSR count). The normalized spacial score (nSPS) is 11.6. The molecule has 1 heterocycles. The molecule has 0 aliphatic rings. The number of nitrogens with one attached hydrogen (secondary N) is 2. The number of nitrogens with zero attached hydrogens (tertiary/aromatic N) is 1. The number of hydrazine groups is 1. The summed E-state index contributed by atoms with van der Waals surface area (Å²) in [6.07, 6.45) is 0.937. The number of aryl methyl sites for hydroxylation is 1. The summed E-state index contributed by atoms with van der Waals surface area (Å²) >= 11 is 1.69. The minimum Gasteiger partial charge on any atom is -0.382 e. The summed E-state index contributed by atoms with van der Waals surface area (Å²) in [6, 6.07) is 0. The first-order valence-electron chi connectivity index (χ1n) is 6.12. The predicted octanol–water partition coefficient (Wildman–Crippen LogP) is 1.39. The summed E-state index contributed by atoms with van der Waals surface area (Å²) in [5.41, 5.74) is 5.09. The number of nitrogens with two attached hydrogens (primary N) is 1. The van der Waals surface area contributed by atoms with Crippen LogP contribution in [0.15, 0.2) is 15.8 Å². The van der Waals surface area contributed by atoms with E-state index in [1.165, 1.54) is 11.1 Å². The minimum atomic E-state index is 0.622. The zero-order valence-electron chi connectivity index (χ0n) is 11.0. The molecular formula is C12H22N4OS. The number of thiophene rings is 1. The van der Waals surface area contributed by atoms with E-state index in [2.05, 4.69) is 33.4 Å². The van der Waals surface area contributed by atoms with Crippen LogP contribution in [0.2, 0.25) is 0 Å². The Morgan fingerprint density at radius 2 is 2.33 bits per heavy atom. The largest absolute Gasteiger partial charge is 0.382 e. The van der Waals surface area contributed by atoms with Crippen molar-refractivity contribution in [1.82, 2.24) is 10.7 Å². The molecule has 0 bridgehead atoms. The first-order chi connectivity index (χ1) is 8.77. The van der Waals surface area contributed by atoms with Crippen LogP contribution >= 0.6 is 11.3 Å². The van der Waals surface area contributed by atoms with Gasteiger partial charge in [-0.3, -0.25) is 5.43 Å². The number of hydrogen-bond donors (Lipinski definition) is 3. The maximum absolute atomic E-state index is 5.42. The van der Waals surface area contributed by atoms with Crippen LogP contribution in [0, 0.1) is 6.92 Å². The average Bonchev–Trinajstić information content (AvgIpc) is 2.78. The summed E-state index contributed by atoms with van der Waals surface area (Å²) in [7, 11) is 0. The van der Waals surface area contributed by atoms with Gasteiger partial charge in [-0.1, -0.05) is 0 Å². The van der Waals surface area contributed by atoms with E-state index in [0.717, 1.165) is 26.2 Å². The maximum Gasteiger partial charge on any atom is 0.206 e. The van der Waals surface area contributed by atoms with Gasteiger partial charge in [-0.05, 0) is 42.2 Å². The molecule has 6 heteroatoms. The highest BCUT2D eigenvalue weighted by molar-refractivity contribution is 7.08. The van der Waals surface area contributed by atoms with Gasteiger partial charge in [0.1, 0.15) is 0 Å². The van der Waals surface area contributed by atoms with Crippen molar-refractivity contribution in [1.29, 1.82) is 0 Å². The molecule has 0 amide bonds. The topological polar surface area (TPSA) is 71.7 Å². The van der Waals surface area contributed by atoms with Crippen LogP contribution in [0.4, 0.5) is 0 Å². The fourth-order valence-corrected chi connectivity index (χ4v) is 2.24. The Balaban J connectivity index is 2.29. The molecule has 0 spiro atoms. The zero-order valence-corrected chi connectivity index (χ0v) is 11.8. The Labute approximate surface area is 112 Å². The molecule has 0 fully saturated rings. The van der Waals surface area contributed by atoms with E-state index in [4.69, 9.17) is 10.6 Å². The molecule has 0 radical (unpaired) electrons. The van der Waals surface area contributed by atoms with Gasteiger partial charge in [0.15, 0.2) is 0 Å². The third-order valence-corrected chi connectivity index (χ3v) is 3.38. The van der Waals surface area contributed by atoms with E-state index < -0.39 is 0 Å². The van der Waals surface area contributed by atoms with Crippen LogP contribution < -0.4 is 16.6 Å². The van der Waals surface area contributed by atoms with Gasteiger partial charge in [0.25, 0.3) is 0 Å². The second-order valence-corrected chi connectivity index (χ2v) is 4.61. The summed E-state index contributed by atoms with van der Waals surface area (Å²) < 4.78 is 5.25. The average molecular weight is 270 g/mol. The van der Waals surface area contributed by atoms with Crippen LogP contribution in [-0.2, 0) is 11.3 Å². The van der Waals surface area contributed by atoms with E-state index in [-0.39, 0.29) is 0 Å². The third-order valence-electron chi connectivity index (χ3n) is 2.47. The fraction of sp³-hybridized carbons (Fsp3) is 0.583. The van der Waals surface area contributed by atoms with Gasteiger partial charge in [0.05, 0.1) is 6.54 Å². The molecule has 1 aromatic rings. The van der Waals surface area contributed by atoms with Crippen LogP contribution in [-0.4, -0.2) is 25.7 Å². The van der Waals surface area contributed by atoms with Gasteiger partial charge in [-0.25, -0.2) is 10.8 Å². The monoisotopic (exact) mass is 270 g/mol. The molecule has 5 nitrogen and oxygen atoms in total. The predicted molar refractivity (Wildman–Crippen MR) is 76.6 cm³/mol. The molecule has 18 heavy (non-hydrogen) atoms. The molecule has 4 N–H and O–H groups in total. The van der Waals surface area contributed by atoms with Crippen LogP contribution in [0.25, 0.3) is 0 Å². The molecular weight excluding hydrogens is 248 g/mol. The van der Waals surface area contributed by atoms with Crippen molar-refractivity contribution < 1.29 is 4.74 Å². The summed E-state index contributed by atoms with van der Waals surface area (Å²) in [6.45, 7) is 7.04. The zero-order chi connectivity index (χ0) is 13.2. The maximum atomic E-state index is 5.42. The van der Waals surface area contributed by atoms with E-state index >= 15 is 0 Å². The van der Waals surface area contributed by atoms with Crippen LogP contribution in [0.3, 0.4) is 0 Å². The molecule has 0 aliphatic heterocycles. The molecule has 0 saturated carbocycles. The van der Waals surface area contributed by atoms with Gasteiger partial charge < -0.3 is 10.1 Å². The van der Waals surface area contributed by atoms with Gasteiger partial charge in [0.2, 0.25) is 5.96 Å². The number of aliphatic imine (C=N–C) groups is 1. The minimum absolute atomic E-state index is 0.622. The van der Waals surface area contributed by atoms with Crippen molar-refractivity contribution in [3.05, 3.63) is 21.9 Å². The standard InChI is InChI=1S/C12H22N4OS/c1-3-17-6-4-5-14-12(16-13)15-7-11-9-18-8-10(11)2/h8-9H,3-7,13H2,1-2H3,(H2,14,15,16). The molecule has 0 unspecified atom stereocenters. The Morgan fingerprint density at radius 1 is 1.50 bits per heavy atom. The van der Waals surface area contributed by atoms with Gasteiger partial charge in [-0.15, -0.1) is 0 Å². The highest BCUT2D eigenvalue weighted by Gasteiger charge is 1.99. The second-order valence-electron chi connectivity index (χ2n) is 3.87. The molecule has 0 atom stereocenters. The van der Waals surface area contributed by atoms with E-state index in [0.29, 0.717) is 12.5 Å². The molecule has 1 aromatic heterocycles. The van der Waals surface area contributed by atoms with Crippen LogP contribution in [0.5, 0.6) is 0 Å². The summed E-state index contributed by atoms with van der Waals surface area (Å²) in [5.74, 6) is 6.04. The smallest absolute Gasteiger partial charge is 0.206 e. The number of hydrogen-bond acceptors (Lipinski definition) is 4. The summed E-state index contributed by atoms with van der Waals surface area (Å²) in [5, 5.41) is 7.38. The molecule has 0 aromatic carbocycles. The third kappa shape index (κ3) is 5.48. The Morgan fingerprint density at radius 3 is 2.94 bits per heavy atom. The lowest BCUT2D eigenvalue weighted by molar-refractivity contribution is 0.145. The molecule has 102 valence electrons. The number of guanidine groups is 1. The van der Waals surface area contributed by atoms with Gasteiger partial charge in [0, 0.05) is 19.8 Å². The van der Waals surface area contributed by atoms with Gasteiger partial charge >= 0.3 is 0 Å². The van der Waals surface area contributed by atoms with Crippen LogP contribution in [0.1, 0.15) is 24.5 Å². The van der Waals surface area contributed by atoms with Crippen molar-refractivity contribution in [2.75, 3.05) is 19.8 Å².